The molecular formula is C25H36O5. The summed E-state index contributed by atoms with van der Waals surface area (Å²) in [5.74, 6) is 0.990. The number of carbonyl (C=O) groups excluding carboxylic acids is 3. The highest BCUT2D eigenvalue weighted by Gasteiger charge is 2.63. The van der Waals surface area contributed by atoms with Crippen molar-refractivity contribution >= 4 is 17.7 Å². The van der Waals surface area contributed by atoms with Crippen LogP contribution in [0.25, 0.3) is 0 Å². The van der Waals surface area contributed by atoms with Gasteiger partial charge >= 0.3 is 11.9 Å². The number of carbonyl (C=O) groups is 3. The Labute approximate surface area is 179 Å². The highest BCUT2D eigenvalue weighted by atomic mass is 16.5. The summed E-state index contributed by atoms with van der Waals surface area (Å²) in [6, 6.07) is 0. The molecule has 166 valence electrons. The van der Waals surface area contributed by atoms with Crippen LogP contribution in [-0.4, -0.2) is 29.9 Å². The van der Waals surface area contributed by atoms with Crippen LogP contribution in [0.3, 0.4) is 0 Å². The first-order valence-corrected chi connectivity index (χ1v) is 11.6. The molecule has 0 saturated heterocycles. The van der Waals surface area contributed by atoms with E-state index in [2.05, 4.69) is 19.9 Å². The topological polar surface area (TPSA) is 69.7 Å². The molecule has 0 aromatic heterocycles. The van der Waals surface area contributed by atoms with E-state index in [0.29, 0.717) is 17.8 Å². The highest BCUT2D eigenvalue weighted by Crippen LogP contribution is 2.66. The number of hydrogen-bond donors (Lipinski definition) is 0. The summed E-state index contributed by atoms with van der Waals surface area (Å²) < 4.78 is 11.2. The summed E-state index contributed by atoms with van der Waals surface area (Å²) in [5.41, 5.74) is 1.51. The molecule has 0 spiro atoms. The van der Waals surface area contributed by atoms with Crippen molar-refractivity contribution in [3.8, 4) is 0 Å². The average Bonchev–Trinajstić information content (AvgIpc) is 2.92. The monoisotopic (exact) mass is 416 g/mol. The maximum Gasteiger partial charge on any atom is 0.302 e. The Morgan fingerprint density at radius 1 is 0.967 bits per heavy atom. The van der Waals surface area contributed by atoms with E-state index in [1.807, 2.05) is 0 Å². The largest absolute Gasteiger partial charge is 0.462 e. The van der Waals surface area contributed by atoms with E-state index in [4.69, 9.17) is 9.47 Å². The third kappa shape index (κ3) is 3.33. The lowest BCUT2D eigenvalue weighted by molar-refractivity contribution is -0.152. The normalized spacial score (nSPS) is 44.8. The zero-order valence-electron chi connectivity index (χ0n) is 19.0. The molecule has 0 amide bonds. The van der Waals surface area contributed by atoms with Crippen molar-refractivity contribution < 1.29 is 23.9 Å². The van der Waals surface area contributed by atoms with Gasteiger partial charge in [0.2, 0.25) is 0 Å². The van der Waals surface area contributed by atoms with E-state index in [-0.39, 0.29) is 46.7 Å². The second kappa shape index (κ2) is 7.49. The molecule has 30 heavy (non-hydrogen) atoms. The standard InChI is InChI=1S/C25H36O5/c1-14(26)23-22(30-16(3)28)13-21-19-7-6-17-12-18(29-15(2)27)8-10-24(17,4)20(19)9-11-25(21,23)5/h6,18-23H,7-13H2,1-5H3/t18-,19-,20+,21+,22-,23+,24+,25+/m1/s1. The van der Waals surface area contributed by atoms with Crippen molar-refractivity contribution in [2.24, 2.45) is 34.5 Å². The van der Waals surface area contributed by atoms with Crippen molar-refractivity contribution in [1.29, 1.82) is 0 Å². The van der Waals surface area contributed by atoms with Gasteiger partial charge in [0.05, 0.1) is 5.92 Å². The van der Waals surface area contributed by atoms with E-state index < -0.39 is 0 Å². The van der Waals surface area contributed by atoms with E-state index in [9.17, 15) is 14.4 Å². The van der Waals surface area contributed by atoms with Gasteiger partial charge in [0.1, 0.15) is 18.0 Å². The van der Waals surface area contributed by atoms with Crippen LogP contribution in [0.15, 0.2) is 11.6 Å². The van der Waals surface area contributed by atoms with Crippen LogP contribution in [0.4, 0.5) is 0 Å². The smallest absolute Gasteiger partial charge is 0.302 e. The third-order valence-corrected chi connectivity index (χ3v) is 9.15. The van der Waals surface area contributed by atoms with Gasteiger partial charge in [0, 0.05) is 20.3 Å². The minimum absolute atomic E-state index is 0.00847. The van der Waals surface area contributed by atoms with E-state index in [1.54, 1.807) is 6.92 Å². The number of Topliss-reactive ketones (excluding diaryl/α,β-unsaturated/α-hetero) is 1. The van der Waals surface area contributed by atoms with Crippen LogP contribution in [0.5, 0.6) is 0 Å². The van der Waals surface area contributed by atoms with Crippen LogP contribution in [0.2, 0.25) is 0 Å². The number of esters is 2. The molecular weight excluding hydrogens is 380 g/mol. The van der Waals surface area contributed by atoms with Gasteiger partial charge < -0.3 is 9.47 Å². The molecule has 0 N–H and O–H groups in total. The molecule has 8 atom stereocenters. The van der Waals surface area contributed by atoms with Crippen molar-refractivity contribution in [3.63, 3.8) is 0 Å². The summed E-state index contributed by atoms with van der Waals surface area (Å²) in [7, 11) is 0. The van der Waals surface area contributed by atoms with E-state index in [1.165, 1.54) is 19.4 Å². The Balaban J connectivity index is 1.61. The van der Waals surface area contributed by atoms with E-state index >= 15 is 0 Å². The Morgan fingerprint density at radius 2 is 1.67 bits per heavy atom. The maximum atomic E-state index is 12.6. The molecule has 0 aromatic rings. The molecule has 3 saturated carbocycles. The van der Waals surface area contributed by atoms with Crippen LogP contribution < -0.4 is 0 Å². The molecule has 0 radical (unpaired) electrons. The lowest BCUT2D eigenvalue weighted by atomic mass is 9.47. The maximum absolute atomic E-state index is 12.6. The first-order chi connectivity index (χ1) is 14.1. The number of ketones is 1. The predicted octanol–water partition coefficient (Wildman–Crippen LogP) is 4.63. The number of allylic oxidation sites excluding steroid dienone is 1. The first kappa shape index (κ1) is 21.6. The fraction of sp³-hybridized carbons (Fsp3) is 0.800. The second-order valence-corrected chi connectivity index (χ2v) is 10.8. The molecule has 5 nitrogen and oxygen atoms in total. The van der Waals surface area contributed by atoms with Crippen molar-refractivity contribution in [2.45, 2.75) is 91.8 Å². The lowest BCUT2D eigenvalue weighted by Gasteiger charge is -2.57. The zero-order valence-corrected chi connectivity index (χ0v) is 19.0. The molecule has 0 aromatic carbocycles. The number of hydrogen-bond acceptors (Lipinski definition) is 5. The summed E-state index contributed by atoms with van der Waals surface area (Å²) in [6.45, 7) is 9.28. The summed E-state index contributed by atoms with van der Waals surface area (Å²) in [5, 5.41) is 0. The third-order valence-electron chi connectivity index (χ3n) is 9.15. The van der Waals surface area contributed by atoms with Gasteiger partial charge in [-0.15, -0.1) is 0 Å². The first-order valence-electron chi connectivity index (χ1n) is 11.6. The molecule has 3 fully saturated rings. The van der Waals surface area contributed by atoms with Gasteiger partial charge in [-0.05, 0) is 74.0 Å². The zero-order chi connectivity index (χ0) is 21.8. The number of fused-ring (bicyclic) bond motifs is 5. The molecule has 0 aliphatic heterocycles. The molecule has 5 heteroatoms. The molecule has 0 unspecified atom stereocenters. The van der Waals surface area contributed by atoms with Crippen LogP contribution in [0.1, 0.15) is 79.6 Å². The molecule has 4 rings (SSSR count). The van der Waals surface area contributed by atoms with Gasteiger partial charge in [-0.3, -0.25) is 14.4 Å². The minimum atomic E-state index is -0.286. The van der Waals surface area contributed by atoms with Gasteiger partial charge in [-0.2, -0.15) is 0 Å². The fourth-order valence-electron chi connectivity index (χ4n) is 8.01. The SMILES string of the molecule is CC(=O)O[C@@H]1CC[C@@]2(C)C(=CC[C@H]3[C@@H]4C[C@@H](OC(C)=O)[C@H](C(C)=O)[C@@]4(C)CC[C@@H]32)C1. The van der Waals surface area contributed by atoms with Crippen LogP contribution >= 0.6 is 0 Å². The van der Waals surface area contributed by atoms with Gasteiger partial charge in [0.25, 0.3) is 0 Å². The summed E-state index contributed by atoms with van der Waals surface area (Å²) in [4.78, 5) is 35.8. The highest BCUT2D eigenvalue weighted by molar-refractivity contribution is 5.81. The van der Waals surface area contributed by atoms with Gasteiger partial charge in [-0.25, -0.2) is 0 Å². The predicted molar refractivity (Wildman–Crippen MR) is 112 cm³/mol. The van der Waals surface area contributed by atoms with Crippen molar-refractivity contribution in [3.05, 3.63) is 11.6 Å². The summed E-state index contributed by atoms with van der Waals surface area (Å²) in [6.07, 6.45) is 8.89. The molecule has 0 bridgehead atoms. The Kier molecular flexibility index (Phi) is 5.39. The average molecular weight is 417 g/mol. The van der Waals surface area contributed by atoms with Gasteiger partial charge in [0.15, 0.2) is 0 Å². The van der Waals surface area contributed by atoms with Crippen molar-refractivity contribution in [2.75, 3.05) is 0 Å². The molecule has 0 heterocycles. The second-order valence-electron chi connectivity index (χ2n) is 10.8. The molecule has 4 aliphatic rings. The minimum Gasteiger partial charge on any atom is -0.462 e. The molecule has 4 aliphatic carbocycles. The van der Waals surface area contributed by atoms with Gasteiger partial charge in [-0.1, -0.05) is 25.5 Å². The van der Waals surface area contributed by atoms with Crippen LogP contribution in [-0.2, 0) is 23.9 Å². The fourth-order valence-corrected chi connectivity index (χ4v) is 8.01. The summed E-state index contributed by atoms with van der Waals surface area (Å²) >= 11 is 0. The quantitative estimate of drug-likeness (QED) is 0.496. The Bertz CT molecular complexity index is 784. The number of ether oxygens (including phenoxy) is 2. The Hall–Kier alpha value is -1.65. The lowest BCUT2D eigenvalue weighted by Crippen LogP contribution is -2.51. The van der Waals surface area contributed by atoms with Crippen LogP contribution in [0, 0.1) is 34.5 Å². The number of rotatable bonds is 3. The Morgan fingerprint density at radius 3 is 2.30 bits per heavy atom. The van der Waals surface area contributed by atoms with Crippen molar-refractivity contribution in [1.82, 2.24) is 0 Å². The van der Waals surface area contributed by atoms with E-state index in [0.717, 1.165) is 44.9 Å².